The number of aliphatic imine (C=N–C) groups is 1. The average Bonchev–Trinajstić information content (AvgIpc) is 2.73. The van der Waals surface area contributed by atoms with Crippen LogP contribution in [0.15, 0.2) is 41.5 Å². The Balaban J connectivity index is 2.01. The van der Waals surface area contributed by atoms with Gasteiger partial charge in [0.05, 0.1) is 25.9 Å². The van der Waals surface area contributed by atoms with Crippen LogP contribution in [-0.2, 0) is 6.54 Å². The predicted molar refractivity (Wildman–Crippen MR) is 116 cm³/mol. The predicted octanol–water partition coefficient (Wildman–Crippen LogP) is 3.70. The molecule has 2 rings (SSSR count). The summed E-state index contributed by atoms with van der Waals surface area (Å²) in [5.74, 6) is 2.85. The van der Waals surface area contributed by atoms with E-state index in [4.69, 9.17) is 14.2 Å². The molecule has 7 heteroatoms. The Hall–Kier alpha value is -2.96. The first-order chi connectivity index (χ1) is 14.1. The molecule has 1 heterocycles. The van der Waals surface area contributed by atoms with Crippen LogP contribution in [0.1, 0.15) is 44.9 Å². The van der Waals surface area contributed by atoms with Gasteiger partial charge in [-0.1, -0.05) is 6.07 Å². The van der Waals surface area contributed by atoms with Crippen molar-refractivity contribution in [2.75, 3.05) is 26.9 Å². The lowest BCUT2D eigenvalue weighted by atomic mass is 10.1. The Morgan fingerprint density at radius 2 is 1.72 bits per heavy atom. The lowest BCUT2D eigenvalue weighted by Gasteiger charge is -2.20. The molecule has 1 aromatic heterocycles. The molecule has 1 aromatic carbocycles. The van der Waals surface area contributed by atoms with Crippen LogP contribution < -0.4 is 24.8 Å². The zero-order chi connectivity index (χ0) is 21.1. The number of hydrogen-bond acceptors (Lipinski definition) is 5. The molecule has 0 fully saturated rings. The monoisotopic (exact) mass is 400 g/mol. The molecule has 2 N–H and O–H groups in total. The Kier molecular flexibility index (Phi) is 9.08. The van der Waals surface area contributed by atoms with Crippen LogP contribution in [0.2, 0.25) is 0 Å². The maximum Gasteiger partial charge on any atom is 0.213 e. The normalized spacial score (nSPS) is 12.2. The third kappa shape index (κ3) is 6.85. The van der Waals surface area contributed by atoms with Gasteiger partial charge in [-0.3, -0.25) is 4.99 Å². The Bertz CT molecular complexity index is 795. The van der Waals surface area contributed by atoms with E-state index in [1.165, 1.54) is 0 Å². The molecule has 0 radical (unpaired) electrons. The molecule has 0 spiro atoms. The van der Waals surface area contributed by atoms with Crippen molar-refractivity contribution >= 4 is 5.96 Å². The van der Waals surface area contributed by atoms with Crippen molar-refractivity contribution in [3.8, 4) is 17.4 Å². The molecule has 2 aromatic rings. The number of rotatable bonds is 10. The molecule has 1 atom stereocenters. The topological polar surface area (TPSA) is 77.0 Å². The van der Waals surface area contributed by atoms with E-state index in [1.54, 1.807) is 13.2 Å². The first-order valence-electron chi connectivity index (χ1n) is 10.1. The van der Waals surface area contributed by atoms with E-state index in [-0.39, 0.29) is 6.04 Å². The average molecular weight is 401 g/mol. The van der Waals surface area contributed by atoms with E-state index < -0.39 is 0 Å². The highest BCUT2D eigenvalue weighted by molar-refractivity contribution is 5.80. The van der Waals surface area contributed by atoms with Gasteiger partial charge in [-0.15, -0.1) is 0 Å². The lowest BCUT2D eigenvalue weighted by Crippen LogP contribution is -2.38. The van der Waals surface area contributed by atoms with Crippen molar-refractivity contribution < 1.29 is 14.2 Å². The quantitative estimate of drug-likeness (QED) is 0.468. The maximum atomic E-state index is 5.73. The Morgan fingerprint density at radius 1 is 1.00 bits per heavy atom. The molecular weight excluding hydrogens is 368 g/mol. The molecule has 0 aliphatic carbocycles. The molecule has 0 saturated heterocycles. The number of nitrogens with zero attached hydrogens (tertiary/aromatic N) is 2. The molecule has 29 heavy (non-hydrogen) atoms. The van der Waals surface area contributed by atoms with E-state index in [1.807, 2.05) is 51.1 Å². The van der Waals surface area contributed by atoms with Crippen molar-refractivity contribution in [2.24, 2.45) is 4.99 Å². The third-order valence-electron chi connectivity index (χ3n) is 4.20. The molecule has 7 nitrogen and oxygen atoms in total. The van der Waals surface area contributed by atoms with Crippen LogP contribution >= 0.6 is 0 Å². The summed E-state index contributed by atoms with van der Waals surface area (Å²) >= 11 is 0. The first-order valence-corrected chi connectivity index (χ1v) is 10.1. The van der Waals surface area contributed by atoms with Crippen LogP contribution in [0.5, 0.6) is 17.4 Å². The summed E-state index contributed by atoms with van der Waals surface area (Å²) < 4.78 is 16.8. The second kappa shape index (κ2) is 11.8. The van der Waals surface area contributed by atoms with Gasteiger partial charge < -0.3 is 24.8 Å². The Labute approximate surface area is 173 Å². The van der Waals surface area contributed by atoms with Gasteiger partial charge in [0.1, 0.15) is 0 Å². The van der Waals surface area contributed by atoms with Gasteiger partial charge in [0.15, 0.2) is 17.5 Å². The maximum absolute atomic E-state index is 5.73. The van der Waals surface area contributed by atoms with Gasteiger partial charge >= 0.3 is 0 Å². The van der Waals surface area contributed by atoms with Crippen molar-refractivity contribution in [3.63, 3.8) is 0 Å². The van der Waals surface area contributed by atoms with Crippen molar-refractivity contribution in [1.29, 1.82) is 0 Å². The van der Waals surface area contributed by atoms with Gasteiger partial charge in [0.25, 0.3) is 0 Å². The number of nitrogens with one attached hydrogen (secondary N) is 2. The molecule has 0 aliphatic heterocycles. The van der Waals surface area contributed by atoms with E-state index >= 15 is 0 Å². The summed E-state index contributed by atoms with van der Waals surface area (Å²) in [6.45, 7) is 10.3. The summed E-state index contributed by atoms with van der Waals surface area (Å²) in [6, 6.07) is 9.91. The minimum atomic E-state index is 0.0347. The minimum Gasteiger partial charge on any atom is -0.490 e. The largest absolute Gasteiger partial charge is 0.490 e. The number of guanidine groups is 1. The molecule has 0 amide bonds. The highest BCUT2D eigenvalue weighted by Gasteiger charge is 2.12. The Morgan fingerprint density at radius 3 is 2.41 bits per heavy atom. The van der Waals surface area contributed by atoms with E-state index in [0.717, 1.165) is 22.6 Å². The van der Waals surface area contributed by atoms with Crippen LogP contribution in [0.25, 0.3) is 0 Å². The minimum absolute atomic E-state index is 0.0347. The molecule has 158 valence electrons. The second-order valence-electron chi connectivity index (χ2n) is 6.30. The van der Waals surface area contributed by atoms with E-state index in [0.29, 0.717) is 38.2 Å². The van der Waals surface area contributed by atoms with E-state index in [2.05, 4.69) is 27.5 Å². The summed E-state index contributed by atoms with van der Waals surface area (Å²) in [5.41, 5.74) is 2.15. The first kappa shape index (κ1) is 22.3. The highest BCUT2D eigenvalue weighted by atomic mass is 16.5. The van der Waals surface area contributed by atoms with Gasteiger partial charge in [-0.25, -0.2) is 4.98 Å². The SMILES string of the molecule is CCOc1cc(CNC(=NC)NC(C)c2ccc(OCC)c(OCC)c2)ccn1. The number of ether oxygens (including phenoxy) is 3. The molecule has 0 aliphatic rings. The standard InChI is InChI=1S/C22H32N4O3/c1-6-27-19-10-9-18(14-20(19)28-7-2)16(4)26-22(23-5)25-15-17-11-12-24-21(13-17)29-8-3/h9-14,16H,6-8,15H2,1-5H3,(H2,23,25,26). The van der Waals surface area contributed by atoms with Gasteiger partial charge in [0, 0.05) is 25.9 Å². The fraction of sp³-hybridized carbons (Fsp3) is 0.455. The van der Waals surface area contributed by atoms with Gasteiger partial charge in [-0.2, -0.15) is 0 Å². The summed E-state index contributed by atoms with van der Waals surface area (Å²) in [6.07, 6.45) is 1.75. The number of aromatic nitrogens is 1. The molecule has 0 bridgehead atoms. The van der Waals surface area contributed by atoms with Gasteiger partial charge in [-0.05, 0) is 57.0 Å². The van der Waals surface area contributed by atoms with Crippen molar-refractivity contribution in [3.05, 3.63) is 47.7 Å². The molecule has 0 saturated carbocycles. The van der Waals surface area contributed by atoms with Crippen molar-refractivity contribution in [1.82, 2.24) is 15.6 Å². The fourth-order valence-corrected chi connectivity index (χ4v) is 2.79. The van der Waals surface area contributed by atoms with E-state index in [9.17, 15) is 0 Å². The van der Waals surface area contributed by atoms with Gasteiger partial charge in [0.2, 0.25) is 5.88 Å². The van der Waals surface area contributed by atoms with Crippen LogP contribution in [0.3, 0.4) is 0 Å². The highest BCUT2D eigenvalue weighted by Crippen LogP contribution is 2.30. The molecular formula is C22H32N4O3. The van der Waals surface area contributed by atoms with Crippen molar-refractivity contribution in [2.45, 2.75) is 40.3 Å². The smallest absolute Gasteiger partial charge is 0.213 e. The number of benzene rings is 1. The summed E-state index contributed by atoms with van der Waals surface area (Å²) in [4.78, 5) is 8.51. The lowest BCUT2D eigenvalue weighted by molar-refractivity contribution is 0.287. The number of pyridine rings is 1. The third-order valence-corrected chi connectivity index (χ3v) is 4.20. The summed E-state index contributed by atoms with van der Waals surface area (Å²) in [7, 11) is 1.75. The fourth-order valence-electron chi connectivity index (χ4n) is 2.79. The second-order valence-corrected chi connectivity index (χ2v) is 6.30. The van der Waals surface area contributed by atoms with Crippen LogP contribution in [0.4, 0.5) is 0 Å². The zero-order valence-electron chi connectivity index (χ0n) is 18.0. The van der Waals surface area contributed by atoms with Crippen LogP contribution in [0, 0.1) is 0 Å². The number of hydrogen-bond donors (Lipinski definition) is 2. The zero-order valence-corrected chi connectivity index (χ0v) is 18.0. The molecule has 1 unspecified atom stereocenters. The van der Waals surface area contributed by atoms with Crippen LogP contribution in [-0.4, -0.2) is 37.8 Å². The summed E-state index contributed by atoms with van der Waals surface area (Å²) in [5, 5.41) is 6.74.